The van der Waals surface area contributed by atoms with E-state index in [-0.39, 0.29) is 17.7 Å². The van der Waals surface area contributed by atoms with E-state index in [9.17, 15) is 14.7 Å². The van der Waals surface area contributed by atoms with Crippen LogP contribution < -0.4 is 5.32 Å². The van der Waals surface area contributed by atoms with Crippen LogP contribution in [0.4, 0.5) is 0 Å². The molecule has 4 fully saturated rings. The maximum atomic E-state index is 13.1. The topological polar surface area (TPSA) is 79.3 Å². The number of aromatic nitrogens is 1. The number of halogens is 1. The summed E-state index contributed by atoms with van der Waals surface area (Å²) in [5.74, 6) is 0.945. The molecule has 1 aromatic rings. The minimum absolute atomic E-state index is 0.0426. The molecule has 0 aromatic carbocycles. The van der Waals surface area contributed by atoms with Crippen LogP contribution in [-0.4, -0.2) is 28.0 Å². The molecule has 5 rings (SSSR count). The molecule has 0 spiro atoms. The minimum Gasteiger partial charge on any atom is -0.480 e. The van der Waals surface area contributed by atoms with Crippen LogP contribution in [0.15, 0.2) is 22.9 Å². The number of amides is 1. The number of carbonyl (C=O) groups excluding carboxylic acids is 1. The van der Waals surface area contributed by atoms with E-state index >= 15 is 0 Å². The highest BCUT2D eigenvalue weighted by molar-refractivity contribution is 9.10. The number of aliphatic carboxylic acids is 1. The van der Waals surface area contributed by atoms with Gasteiger partial charge in [-0.2, -0.15) is 0 Å². The van der Waals surface area contributed by atoms with Crippen LogP contribution >= 0.6 is 15.9 Å². The Balaban J connectivity index is 1.50. The summed E-state index contributed by atoms with van der Waals surface area (Å²) < 4.78 is 0.630. The summed E-state index contributed by atoms with van der Waals surface area (Å²) in [4.78, 5) is 28.9. The SMILES string of the molecule is O=C(O)[C@@H](Cc1cccnc1Br)NC(=O)C12CC3CC(CC(C3)C1)C2. The smallest absolute Gasteiger partial charge is 0.326 e. The third-order valence-electron chi connectivity index (χ3n) is 6.38. The number of nitrogens with zero attached hydrogens (tertiary/aromatic N) is 1. The van der Waals surface area contributed by atoms with Gasteiger partial charge in [0, 0.05) is 18.0 Å². The number of hydrogen-bond acceptors (Lipinski definition) is 3. The fraction of sp³-hybridized carbons (Fsp3) is 0.632. The van der Waals surface area contributed by atoms with Crippen LogP contribution in [0.1, 0.15) is 44.1 Å². The van der Waals surface area contributed by atoms with Crippen molar-refractivity contribution in [3.8, 4) is 0 Å². The lowest BCUT2D eigenvalue weighted by Crippen LogP contribution is -2.56. The number of hydrogen-bond donors (Lipinski definition) is 2. The van der Waals surface area contributed by atoms with Crippen molar-refractivity contribution in [1.82, 2.24) is 10.3 Å². The van der Waals surface area contributed by atoms with Gasteiger partial charge in [0.25, 0.3) is 0 Å². The van der Waals surface area contributed by atoms with E-state index in [0.717, 1.165) is 24.8 Å². The zero-order chi connectivity index (χ0) is 17.6. The van der Waals surface area contributed by atoms with Crippen LogP contribution in [0.25, 0.3) is 0 Å². The molecule has 0 unspecified atom stereocenters. The number of carboxylic acids is 1. The van der Waals surface area contributed by atoms with Crippen molar-refractivity contribution in [2.24, 2.45) is 23.2 Å². The molecule has 2 N–H and O–H groups in total. The summed E-state index contributed by atoms with van der Waals surface area (Å²) in [7, 11) is 0. The first-order chi connectivity index (χ1) is 11.9. The zero-order valence-electron chi connectivity index (χ0n) is 14.1. The lowest BCUT2D eigenvalue weighted by molar-refractivity contribution is -0.151. The van der Waals surface area contributed by atoms with Gasteiger partial charge in [0.05, 0.1) is 0 Å². The Morgan fingerprint density at radius 2 is 1.84 bits per heavy atom. The number of carboxylic acid groups (broad SMARTS) is 1. The van der Waals surface area contributed by atoms with Gasteiger partial charge in [-0.15, -0.1) is 0 Å². The molecule has 1 heterocycles. The molecule has 134 valence electrons. The fourth-order valence-electron chi connectivity index (χ4n) is 5.69. The first kappa shape index (κ1) is 17.0. The number of rotatable bonds is 5. The molecule has 6 heteroatoms. The predicted molar refractivity (Wildman–Crippen MR) is 95.8 cm³/mol. The Morgan fingerprint density at radius 3 is 2.36 bits per heavy atom. The molecule has 0 saturated heterocycles. The summed E-state index contributed by atoms with van der Waals surface area (Å²) in [6, 6.07) is 2.70. The van der Waals surface area contributed by atoms with E-state index in [1.54, 1.807) is 12.3 Å². The van der Waals surface area contributed by atoms with E-state index in [0.29, 0.717) is 22.4 Å². The van der Waals surface area contributed by atoms with Gasteiger partial charge in [-0.25, -0.2) is 9.78 Å². The average molecular weight is 407 g/mol. The van der Waals surface area contributed by atoms with Crippen molar-refractivity contribution in [3.63, 3.8) is 0 Å². The second-order valence-electron chi connectivity index (χ2n) is 8.22. The molecular weight excluding hydrogens is 384 g/mol. The lowest BCUT2D eigenvalue weighted by atomic mass is 9.49. The number of carbonyl (C=O) groups is 2. The Kier molecular flexibility index (Phi) is 4.34. The van der Waals surface area contributed by atoms with Crippen molar-refractivity contribution >= 4 is 27.8 Å². The van der Waals surface area contributed by atoms with Gasteiger partial charge in [-0.05, 0) is 83.8 Å². The van der Waals surface area contributed by atoms with Crippen molar-refractivity contribution < 1.29 is 14.7 Å². The van der Waals surface area contributed by atoms with E-state index in [1.807, 2.05) is 6.07 Å². The largest absolute Gasteiger partial charge is 0.480 e. The average Bonchev–Trinajstić information content (AvgIpc) is 2.54. The third kappa shape index (κ3) is 3.21. The molecule has 1 amide bonds. The molecule has 0 aliphatic heterocycles. The minimum atomic E-state index is -0.992. The van der Waals surface area contributed by atoms with E-state index < -0.39 is 12.0 Å². The van der Waals surface area contributed by atoms with Gasteiger partial charge >= 0.3 is 5.97 Å². The molecule has 0 radical (unpaired) electrons. The highest BCUT2D eigenvalue weighted by Crippen LogP contribution is 2.60. The maximum Gasteiger partial charge on any atom is 0.326 e. The van der Waals surface area contributed by atoms with Crippen LogP contribution in [0.5, 0.6) is 0 Å². The van der Waals surface area contributed by atoms with Gasteiger partial charge in [0.2, 0.25) is 5.91 Å². The van der Waals surface area contributed by atoms with Gasteiger partial charge in [-0.3, -0.25) is 4.79 Å². The Morgan fingerprint density at radius 1 is 1.24 bits per heavy atom. The molecule has 25 heavy (non-hydrogen) atoms. The Bertz CT molecular complexity index is 670. The van der Waals surface area contributed by atoms with Crippen LogP contribution in [0, 0.1) is 23.2 Å². The summed E-state index contributed by atoms with van der Waals surface area (Å²) in [5, 5.41) is 12.5. The Hall–Kier alpha value is -1.43. The van der Waals surface area contributed by atoms with Gasteiger partial charge in [0.15, 0.2) is 0 Å². The Labute approximate surface area is 155 Å². The highest BCUT2D eigenvalue weighted by atomic mass is 79.9. The van der Waals surface area contributed by atoms with E-state index in [4.69, 9.17) is 0 Å². The van der Waals surface area contributed by atoms with Gasteiger partial charge in [0.1, 0.15) is 10.6 Å². The summed E-state index contributed by atoms with van der Waals surface area (Å²) in [6.07, 6.45) is 8.49. The van der Waals surface area contributed by atoms with E-state index in [2.05, 4.69) is 26.2 Å². The highest BCUT2D eigenvalue weighted by Gasteiger charge is 2.54. The number of nitrogens with one attached hydrogen (secondary N) is 1. The quantitative estimate of drug-likeness (QED) is 0.735. The molecule has 4 aliphatic carbocycles. The van der Waals surface area contributed by atoms with E-state index in [1.165, 1.54) is 19.3 Å². The second-order valence-corrected chi connectivity index (χ2v) is 8.97. The van der Waals surface area contributed by atoms with Gasteiger partial charge < -0.3 is 10.4 Å². The number of pyridine rings is 1. The zero-order valence-corrected chi connectivity index (χ0v) is 15.7. The van der Waals surface area contributed by atoms with Crippen LogP contribution in [0.3, 0.4) is 0 Å². The van der Waals surface area contributed by atoms with Crippen molar-refractivity contribution in [2.45, 2.75) is 51.0 Å². The summed E-state index contributed by atoms with van der Waals surface area (Å²) >= 11 is 3.35. The first-order valence-electron chi connectivity index (χ1n) is 9.08. The summed E-state index contributed by atoms with van der Waals surface area (Å²) in [6.45, 7) is 0. The normalized spacial score (nSPS) is 33.9. The molecule has 4 bridgehead atoms. The second kappa shape index (κ2) is 6.38. The van der Waals surface area contributed by atoms with Crippen molar-refractivity contribution in [3.05, 3.63) is 28.5 Å². The molecule has 1 aromatic heterocycles. The van der Waals surface area contributed by atoms with Crippen molar-refractivity contribution in [2.75, 3.05) is 0 Å². The molecule has 4 saturated carbocycles. The standard InChI is InChI=1S/C19H23BrN2O3/c20-16-14(2-1-3-21-16)7-15(17(23)24)22-18(25)19-8-11-4-12(9-19)6-13(5-11)10-19/h1-3,11-13,15H,4-10H2,(H,22,25)(H,23,24)/t11?,12?,13?,15-,19?/m1/s1. The fourth-order valence-corrected chi connectivity index (χ4v) is 6.10. The molecular formula is C19H23BrN2O3. The van der Waals surface area contributed by atoms with Crippen LogP contribution in [0.2, 0.25) is 0 Å². The van der Waals surface area contributed by atoms with Crippen LogP contribution in [-0.2, 0) is 16.0 Å². The monoisotopic (exact) mass is 406 g/mol. The van der Waals surface area contributed by atoms with Crippen molar-refractivity contribution in [1.29, 1.82) is 0 Å². The molecule has 4 aliphatic rings. The molecule has 1 atom stereocenters. The predicted octanol–water partition coefficient (Wildman–Crippen LogP) is 3.17. The maximum absolute atomic E-state index is 13.1. The first-order valence-corrected chi connectivity index (χ1v) is 9.88. The lowest BCUT2D eigenvalue weighted by Gasteiger charge is -2.55. The summed E-state index contributed by atoms with van der Waals surface area (Å²) in [5.41, 5.74) is 0.468. The third-order valence-corrected chi connectivity index (χ3v) is 7.10. The molecule has 5 nitrogen and oxygen atoms in total. The van der Waals surface area contributed by atoms with Gasteiger partial charge in [-0.1, -0.05) is 6.07 Å².